The van der Waals surface area contributed by atoms with Crippen LogP contribution < -0.4 is 5.32 Å². The summed E-state index contributed by atoms with van der Waals surface area (Å²) in [6, 6.07) is 9.01. The van der Waals surface area contributed by atoms with Crippen molar-refractivity contribution >= 4 is 5.69 Å². The van der Waals surface area contributed by atoms with Crippen LogP contribution in [0.25, 0.3) is 0 Å². The molecule has 1 aromatic rings. The number of nitrogens with zero attached hydrogens (tertiary/aromatic N) is 1. The van der Waals surface area contributed by atoms with Gasteiger partial charge in [-0.05, 0) is 25.1 Å². The van der Waals surface area contributed by atoms with Gasteiger partial charge in [-0.15, -0.1) is 0 Å². The molecule has 0 saturated heterocycles. The summed E-state index contributed by atoms with van der Waals surface area (Å²) >= 11 is 0. The average Bonchev–Trinajstić information content (AvgIpc) is 2.15. The summed E-state index contributed by atoms with van der Waals surface area (Å²) < 4.78 is 12.4. The van der Waals surface area contributed by atoms with Gasteiger partial charge in [0.15, 0.2) is 0 Å². The van der Waals surface area contributed by atoms with Gasteiger partial charge in [0, 0.05) is 12.2 Å². The molecule has 1 aromatic carbocycles. The third kappa shape index (κ3) is 3.12. The molecule has 0 heterocycles. The van der Waals surface area contributed by atoms with Crippen molar-refractivity contribution in [2.75, 3.05) is 11.9 Å². The Bertz CT molecular complexity index is 315. The molecule has 1 unspecified atom stereocenters. The molecule has 2 nitrogen and oxygen atoms in total. The second kappa shape index (κ2) is 4.46. The molecule has 68 valence electrons. The van der Waals surface area contributed by atoms with Gasteiger partial charge in [0.25, 0.3) is 0 Å². The zero-order chi connectivity index (χ0) is 9.68. The van der Waals surface area contributed by atoms with Gasteiger partial charge in [-0.25, -0.2) is 4.39 Å². The van der Waals surface area contributed by atoms with Crippen LogP contribution in [0.3, 0.4) is 0 Å². The fraction of sp³-hybridized carbons (Fsp3) is 0.300. The number of nitriles is 1. The number of anilines is 1. The van der Waals surface area contributed by atoms with E-state index in [2.05, 4.69) is 5.32 Å². The van der Waals surface area contributed by atoms with Gasteiger partial charge in [-0.2, -0.15) is 5.26 Å². The molecule has 0 aliphatic heterocycles. The van der Waals surface area contributed by atoms with Crippen LogP contribution in [0.5, 0.6) is 0 Å². The van der Waals surface area contributed by atoms with E-state index in [-0.39, 0.29) is 6.54 Å². The van der Waals surface area contributed by atoms with E-state index < -0.39 is 6.17 Å². The highest BCUT2D eigenvalue weighted by Gasteiger charge is 1.98. The smallest absolute Gasteiger partial charge is 0.114 e. The van der Waals surface area contributed by atoms with Gasteiger partial charge < -0.3 is 5.32 Å². The van der Waals surface area contributed by atoms with E-state index in [9.17, 15) is 4.39 Å². The van der Waals surface area contributed by atoms with Crippen molar-refractivity contribution in [1.29, 1.82) is 5.26 Å². The van der Waals surface area contributed by atoms with Crippen molar-refractivity contribution in [3.63, 3.8) is 0 Å². The van der Waals surface area contributed by atoms with Crippen molar-refractivity contribution < 1.29 is 4.39 Å². The lowest BCUT2D eigenvalue weighted by Crippen LogP contribution is -2.11. The Hall–Kier alpha value is -1.56. The minimum Gasteiger partial charge on any atom is -0.382 e. The van der Waals surface area contributed by atoms with Crippen LogP contribution in [0.2, 0.25) is 0 Å². The van der Waals surface area contributed by atoms with E-state index in [1.54, 1.807) is 18.2 Å². The zero-order valence-electron chi connectivity index (χ0n) is 7.42. The van der Waals surface area contributed by atoms with Crippen LogP contribution in [-0.4, -0.2) is 12.7 Å². The van der Waals surface area contributed by atoms with Crippen molar-refractivity contribution in [2.24, 2.45) is 0 Å². The quantitative estimate of drug-likeness (QED) is 0.771. The van der Waals surface area contributed by atoms with E-state index in [0.717, 1.165) is 5.69 Å². The Morgan fingerprint density at radius 1 is 1.62 bits per heavy atom. The molecule has 0 fully saturated rings. The van der Waals surface area contributed by atoms with Gasteiger partial charge in [-0.3, -0.25) is 0 Å². The monoisotopic (exact) mass is 178 g/mol. The van der Waals surface area contributed by atoms with E-state index >= 15 is 0 Å². The van der Waals surface area contributed by atoms with Crippen molar-refractivity contribution in [1.82, 2.24) is 0 Å². The molecule has 0 aliphatic carbocycles. The van der Waals surface area contributed by atoms with Gasteiger partial charge in [0.05, 0.1) is 11.6 Å². The molecule has 0 bridgehead atoms. The molecule has 0 aromatic heterocycles. The highest BCUT2D eigenvalue weighted by molar-refractivity contribution is 5.49. The number of hydrogen-bond acceptors (Lipinski definition) is 2. The second-order valence-corrected chi connectivity index (χ2v) is 2.85. The topological polar surface area (TPSA) is 35.8 Å². The molecule has 1 N–H and O–H groups in total. The van der Waals surface area contributed by atoms with Crippen LogP contribution in [0.4, 0.5) is 10.1 Å². The molecule has 0 aliphatic rings. The Kier molecular flexibility index (Phi) is 3.27. The second-order valence-electron chi connectivity index (χ2n) is 2.85. The normalized spacial score (nSPS) is 11.8. The van der Waals surface area contributed by atoms with Crippen molar-refractivity contribution in [2.45, 2.75) is 13.1 Å². The van der Waals surface area contributed by atoms with Crippen LogP contribution >= 0.6 is 0 Å². The molecule has 0 amide bonds. The number of alkyl halides is 1. The third-order valence-corrected chi connectivity index (χ3v) is 1.58. The highest BCUT2D eigenvalue weighted by atomic mass is 19.1. The first-order chi connectivity index (χ1) is 6.22. The number of halogens is 1. The summed E-state index contributed by atoms with van der Waals surface area (Å²) in [5, 5.41) is 11.5. The van der Waals surface area contributed by atoms with Crippen LogP contribution in [-0.2, 0) is 0 Å². The Morgan fingerprint density at radius 2 is 2.38 bits per heavy atom. The summed E-state index contributed by atoms with van der Waals surface area (Å²) in [5.41, 5.74) is 1.36. The van der Waals surface area contributed by atoms with E-state index in [1.165, 1.54) is 6.92 Å². The Balaban J connectivity index is 2.63. The lowest BCUT2D eigenvalue weighted by atomic mass is 10.2. The van der Waals surface area contributed by atoms with Gasteiger partial charge in [0.2, 0.25) is 0 Å². The molecular weight excluding hydrogens is 167 g/mol. The molecule has 1 rings (SSSR count). The van der Waals surface area contributed by atoms with Crippen LogP contribution in [0.1, 0.15) is 12.5 Å². The van der Waals surface area contributed by atoms with Crippen molar-refractivity contribution in [3.8, 4) is 6.07 Å². The average molecular weight is 178 g/mol. The first kappa shape index (κ1) is 9.53. The maximum atomic E-state index is 12.4. The van der Waals surface area contributed by atoms with Crippen molar-refractivity contribution in [3.05, 3.63) is 29.8 Å². The summed E-state index contributed by atoms with van der Waals surface area (Å²) in [7, 11) is 0. The van der Waals surface area contributed by atoms with Crippen LogP contribution in [0, 0.1) is 11.3 Å². The van der Waals surface area contributed by atoms with E-state index in [0.29, 0.717) is 5.56 Å². The number of nitrogens with one attached hydrogen (secondary N) is 1. The minimum atomic E-state index is -0.884. The Morgan fingerprint density at radius 3 is 3.00 bits per heavy atom. The first-order valence-corrected chi connectivity index (χ1v) is 4.10. The highest BCUT2D eigenvalue weighted by Crippen LogP contribution is 2.09. The summed E-state index contributed by atoms with van der Waals surface area (Å²) in [5.74, 6) is 0. The summed E-state index contributed by atoms with van der Waals surface area (Å²) in [4.78, 5) is 0. The molecular formula is C10H11FN2. The fourth-order valence-corrected chi connectivity index (χ4v) is 0.957. The predicted octanol–water partition coefficient (Wildman–Crippen LogP) is 2.33. The molecule has 1 atom stereocenters. The maximum Gasteiger partial charge on any atom is 0.114 e. The number of hydrogen-bond donors (Lipinski definition) is 1. The summed E-state index contributed by atoms with van der Waals surface area (Å²) in [6.07, 6.45) is -0.884. The molecule has 13 heavy (non-hydrogen) atoms. The molecule has 0 radical (unpaired) electrons. The van der Waals surface area contributed by atoms with E-state index in [4.69, 9.17) is 5.26 Å². The van der Waals surface area contributed by atoms with Crippen LogP contribution in [0.15, 0.2) is 24.3 Å². The lowest BCUT2D eigenvalue weighted by molar-refractivity contribution is 0.378. The summed E-state index contributed by atoms with van der Waals surface area (Å²) in [6.45, 7) is 1.76. The maximum absolute atomic E-state index is 12.4. The standard InChI is InChI=1S/C10H11FN2/c1-8(11)7-13-10-4-2-3-9(5-10)6-12/h2-5,8,13H,7H2,1H3. The molecule has 0 spiro atoms. The van der Waals surface area contributed by atoms with Gasteiger partial charge in [0.1, 0.15) is 6.17 Å². The minimum absolute atomic E-state index is 0.273. The number of rotatable bonds is 3. The fourth-order valence-electron chi connectivity index (χ4n) is 0.957. The first-order valence-electron chi connectivity index (χ1n) is 4.10. The predicted molar refractivity (Wildman–Crippen MR) is 50.2 cm³/mol. The van der Waals surface area contributed by atoms with Gasteiger partial charge in [-0.1, -0.05) is 6.07 Å². The molecule has 3 heteroatoms. The third-order valence-electron chi connectivity index (χ3n) is 1.58. The SMILES string of the molecule is CC(F)CNc1cccc(C#N)c1. The molecule has 0 saturated carbocycles. The Labute approximate surface area is 77.0 Å². The largest absolute Gasteiger partial charge is 0.382 e. The van der Waals surface area contributed by atoms with E-state index in [1.807, 2.05) is 12.1 Å². The van der Waals surface area contributed by atoms with Gasteiger partial charge >= 0.3 is 0 Å². The zero-order valence-corrected chi connectivity index (χ0v) is 7.42. The number of benzene rings is 1. The lowest BCUT2D eigenvalue weighted by Gasteiger charge is -2.06.